The van der Waals surface area contributed by atoms with Crippen molar-refractivity contribution in [2.45, 2.75) is 25.4 Å². The van der Waals surface area contributed by atoms with E-state index in [4.69, 9.17) is 5.73 Å². The molecule has 0 unspecified atom stereocenters. The molecule has 3 N–H and O–H groups in total. The molecule has 0 atom stereocenters. The largest absolute Gasteiger partial charge is 0.352 e. The Kier molecular flexibility index (Phi) is 5.16. The molecule has 0 aromatic heterocycles. The summed E-state index contributed by atoms with van der Waals surface area (Å²) in [5, 5.41) is 2.99. The molecular formula is C16H21N3O. The maximum absolute atomic E-state index is 11.7. The van der Waals surface area contributed by atoms with Gasteiger partial charge in [-0.1, -0.05) is 24.0 Å². The number of benzene rings is 1. The number of hydrogen-bond donors (Lipinski definition) is 2. The minimum atomic E-state index is 0.112. The summed E-state index contributed by atoms with van der Waals surface area (Å²) in [7, 11) is 1.95. The molecule has 1 aromatic carbocycles. The van der Waals surface area contributed by atoms with Crippen LogP contribution in [0.1, 0.15) is 24.0 Å². The van der Waals surface area contributed by atoms with E-state index in [-0.39, 0.29) is 5.91 Å². The molecule has 0 radical (unpaired) electrons. The molecule has 2 rings (SSSR count). The van der Waals surface area contributed by atoms with Crippen LogP contribution in [0.25, 0.3) is 0 Å². The van der Waals surface area contributed by atoms with Gasteiger partial charge in [0.15, 0.2) is 0 Å². The molecule has 1 aromatic rings. The van der Waals surface area contributed by atoms with Crippen molar-refractivity contribution in [2.24, 2.45) is 5.73 Å². The molecule has 1 amide bonds. The predicted octanol–water partition coefficient (Wildman–Crippen LogP) is 0.707. The van der Waals surface area contributed by atoms with Crippen LogP contribution in [0, 0.1) is 11.8 Å². The molecule has 4 heteroatoms. The van der Waals surface area contributed by atoms with E-state index in [1.54, 1.807) is 0 Å². The quantitative estimate of drug-likeness (QED) is 0.775. The topological polar surface area (TPSA) is 58.4 Å². The van der Waals surface area contributed by atoms with Crippen LogP contribution in [-0.4, -0.2) is 37.0 Å². The highest BCUT2D eigenvalue weighted by Gasteiger charge is 2.23. The molecule has 106 valence electrons. The first-order chi connectivity index (χ1) is 9.67. The average Bonchev–Trinajstić information content (AvgIpc) is 3.21. The Morgan fingerprint density at radius 2 is 2.10 bits per heavy atom. The number of carbonyl (C=O) groups excluding carboxylic acids is 1. The summed E-state index contributed by atoms with van der Waals surface area (Å²) in [6.07, 6.45) is 2.25. The zero-order valence-corrected chi connectivity index (χ0v) is 11.9. The van der Waals surface area contributed by atoms with Gasteiger partial charge in [0.05, 0.1) is 13.1 Å². The normalized spacial score (nSPS) is 13.8. The summed E-state index contributed by atoms with van der Waals surface area (Å²) < 4.78 is 0. The highest BCUT2D eigenvalue weighted by molar-refractivity contribution is 5.78. The first kappa shape index (κ1) is 14.6. The fourth-order valence-electron chi connectivity index (χ4n) is 1.96. The molecule has 0 saturated heterocycles. The van der Waals surface area contributed by atoms with Crippen molar-refractivity contribution in [1.29, 1.82) is 0 Å². The molecule has 20 heavy (non-hydrogen) atoms. The van der Waals surface area contributed by atoms with Gasteiger partial charge in [-0.2, -0.15) is 0 Å². The number of rotatable bonds is 5. The molecule has 0 bridgehead atoms. The van der Waals surface area contributed by atoms with Crippen LogP contribution in [0.3, 0.4) is 0 Å². The van der Waals surface area contributed by atoms with E-state index >= 15 is 0 Å². The van der Waals surface area contributed by atoms with Crippen molar-refractivity contribution in [3.05, 3.63) is 35.4 Å². The minimum absolute atomic E-state index is 0.112. The van der Waals surface area contributed by atoms with Gasteiger partial charge in [-0.15, -0.1) is 0 Å². The Bertz CT molecular complexity index is 509. The van der Waals surface area contributed by atoms with Crippen molar-refractivity contribution in [2.75, 3.05) is 20.1 Å². The van der Waals surface area contributed by atoms with E-state index in [1.165, 1.54) is 5.56 Å². The Labute approximate surface area is 120 Å². The van der Waals surface area contributed by atoms with Gasteiger partial charge >= 0.3 is 0 Å². The first-order valence-corrected chi connectivity index (χ1v) is 6.93. The predicted molar refractivity (Wildman–Crippen MR) is 79.9 cm³/mol. The van der Waals surface area contributed by atoms with E-state index < -0.39 is 0 Å². The molecule has 1 saturated carbocycles. The molecular weight excluding hydrogens is 250 g/mol. The number of nitrogens with two attached hydrogens (primary N) is 1. The van der Waals surface area contributed by atoms with E-state index in [0.29, 0.717) is 19.1 Å². The molecule has 1 aliphatic carbocycles. The lowest BCUT2D eigenvalue weighted by Gasteiger charge is -2.16. The van der Waals surface area contributed by atoms with Crippen LogP contribution in [-0.2, 0) is 11.3 Å². The second-order valence-corrected chi connectivity index (χ2v) is 5.22. The fraction of sp³-hybridized carbons (Fsp3) is 0.438. The lowest BCUT2D eigenvalue weighted by molar-refractivity contribution is -0.122. The van der Waals surface area contributed by atoms with Crippen molar-refractivity contribution in [3.63, 3.8) is 0 Å². The number of nitrogens with zero attached hydrogens (tertiary/aromatic N) is 1. The maximum Gasteiger partial charge on any atom is 0.234 e. The molecule has 0 spiro atoms. The summed E-state index contributed by atoms with van der Waals surface area (Å²) in [5.41, 5.74) is 7.48. The van der Waals surface area contributed by atoms with Crippen molar-refractivity contribution in [1.82, 2.24) is 10.2 Å². The molecule has 0 heterocycles. The van der Waals surface area contributed by atoms with Crippen molar-refractivity contribution >= 4 is 5.91 Å². The summed E-state index contributed by atoms with van der Waals surface area (Å²) in [4.78, 5) is 13.7. The van der Waals surface area contributed by atoms with E-state index in [9.17, 15) is 4.79 Å². The second kappa shape index (κ2) is 7.09. The molecule has 4 nitrogen and oxygen atoms in total. The van der Waals surface area contributed by atoms with Crippen LogP contribution in [0.15, 0.2) is 24.3 Å². The highest BCUT2D eigenvalue weighted by atomic mass is 16.2. The Morgan fingerprint density at radius 1 is 1.40 bits per heavy atom. The molecule has 1 aliphatic rings. The summed E-state index contributed by atoms with van der Waals surface area (Å²) in [6, 6.07) is 8.47. The smallest absolute Gasteiger partial charge is 0.234 e. The Morgan fingerprint density at radius 3 is 2.70 bits per heavy atom. The second-order valence-electron chi connectivity index (χ2n) is 5.22. The van der Waals surface area contributed by atoms with Gasteiger partial charge in [0, 0.05) is 18.2 Å². The Hall–Kier alpha value is -1.83. The van der Waals surface area contributed by atoms with Crippen LogP contribution >= 0.6 is 0 Å². The fourth-order valence-corrected chi connectivity index (χ4v) is 1.96. The van der Waals surface area contributed by atoms with Gasteiger partial charge in [-0.3, -0.25) is 9.69 Å². The third kappa shape index (κ3) is 5.04. The zero-order valence-electron chi connectivity index (χ0n) is 11.9. The van der Waals surface area contributed by atoms with Crippen molar-refractivity contribution < 1.29 is 4.79 Å². The Balaban J connectivity index is 1.80. The first-order valence-electron chi connectivity index (χ1n) is 6.93. The lowest BCUT2D eigenvalue weighted by atomic mass is 10.1. The highest BCUT2D eigenvalue weighted by Crippen LogP contribution is 2.18. The third-order valence-corrected chi connectivity index (χ3v) is 3.10. The standard InChI is InChI=1S/C16H21N3O/c1-19(12-16(20)18-15-8-9-15)11-14-6-4-13(5-7-14)3-2-10-17/h4-7,15H,8-12,17H2,1H3,(H,18,20). The van der Waals surface area contributed by atoms with E-state index in [1.807, 2.05) is 36.2 Å². The van der Waals surface area contributed by atoms with Gasteiger partial charge < -0.3 is 11.1 Å². The number of amides is 1. The van der Waals surface area contributed by atoms with Gasteiger partial charge in [0.2, 0.25) is 5.91 Å². The maximum atomic E-state index is 11.7. The zero-order chi connectivity index (χ0) is 14.4. The summed E-state index contributed by atoms with van der Waals surface area (Å²) in [5.74, 6) is 5.93. The molecule has 0 aliphatic heterocycles. The van der Waals surface area contributed by atoms with Gasteiger partial charge in [0.1, 0.15) is 0 Å². The average molecular weight is 271 g/mol. The van der Waals surface area contributed by atoms with Crippen LogP contribution in [0.2, 0.25) is 0 Å². The molecule has 1 fully saturated rings. The van der Waals surface area contributed by atoms with Crippen LogP contribution < -0.4 is 11.1 Å². The lowest BCUT2D eigenvalue weighted by Crippen LogP contribution is -2.35. The van der Waals surface area contributed by atoms with E-state index in [2.05, 4.69) is 17.2 Å². The van der Waals surface area contributed by atoms with Crippen LogP contribution in [0.4, 0.5) is 0 Å². The van der Waals surface area contributed by atoms with Gasteiger partial charge in [-0.25, -0.2) is 0 Å². The monoisotopic (exact) mass is 271 g/mol. The van der Waals surface area contributed by atoms with E-state index in [0.717, 1.165) is 24.9 Å². The van der Waals surface area contributed by atoms with Crippen molar-refractivity contribution in [3.8, 4) is 11.8 Å². The minimum Gasteiger partial charge on any atom is -0.352 e. The number of nitrogens with one attached hydrogen (secondary N) is 1. The number of carbonyl (C=O) groups is 1. The SMILES string of the molecule is CN(CC(=O)NC1CC1)Cc1ccc(C#CCN)cc1. The third-order valence-electron chi connectivity index (χ3n) is 3.10. The summed E-state index contributed by atoms with van der Waals surface area (Å²) in [6.45, 7) is 1.56. The van der Waals surface area contributed by atoms with Crippen LogP contribution in [0.5, 0.6) is 0 Å². The number of hydrogen-bond acceptors (Lipinski definition) is 3. The van der Waals surface area contributed by atoms with Gasteiger partial charge in [-0.05, 0) is 37.6 Å². The summed E-state index contributed by atoms with van der Waals surface area (Å²) >= 11 is 0. The number of likely N-dealkylation sites (N-methyl/N-ethyl adjacent to an activating group) is 1. The van der Waals surface area contributed by atoms with Gasteiger partial charge in [0.25, 0.3) is 0 Å².